The van der Waals surface area contributed by atoms with Crippen molar-refractivity contribution < 1.29 is 9.53 Å². The zero-order valence-electron chi connectivity index (χ0n) is 15.2. The van der Waals surface area contributed by atoms with Crippen LogP contribution in [0.1, 0.15) is 0 Å². The number of nitrogens with one attached hydrogen (secondary N) is 2. The van der Waals surface area contributed by atoms with E-state index in [1.807, 2.05) is 42.6 Å². The number of anilines is 2. The van der Waals surface area contributed by atoms with E-state index >= 15 is 0 Å². The number of ether oxygens (including phenoxy) is 1. The number of carbonyl (C=O) groups is 1. The third kappa shape index (κ3) is 4.42. The average Bonchev–Trinajstić information content (AvgIpc) is 3.08. The molecule has 0 saturated carbocycles. The average molecular weight is 428 g/mol. The number of benzene rings is 1. The minimum absolute atomic E-state index is 0.187. The van der Waals surface area contributed by atoms with E-state index in [2.05, 4.69) is 20.7 Å². The lowest BCUT2D eigenvalue weighted by Gasteiger charge is -2.06. The van der Waals surface area contributed by atoms with Gasteiger partial charge in [0.2, 0.25) is 0 Å². The van der Waals surface area contributed by atoms with Crippen molar-refractivity contribution in [1.82, 2.24) is 14.6 Å². The number of aromatic nitrogens is 3. The summed E-state index contributed by atoms with van der Waals surface area (Å²) in [6, 6.07) is 16.0. The highest BCUT2D eigenvalue weighted by Gasteiger charge is 2.09. The van der Waals surface area contributed by atoms with Crippen LogP contribution in [0.2, 0.25) is 10.3 Å². The Morgan fingerprint density at radius 3 is 2.34 bits per heavy atom. The smallest absolute Gasteiger partial charge is 0.324 e. The van der Waals surface area contributed by atoms with Gasteiger partial charge in [-0.2, -0.15) is 0 Å². The molecule has 0 aliphatic rings. The minimum atomic E-state index is -0.470. The molecule has 0 atom stereocenters. The first-order valence-electron chi connectivity index (χ1n) is 8.55. The molecule has 146 valence electrons. The van der Waals surface area contributed by atoms with E-state index in [-0.39, 0.29) is 10.3 Å². The van der Waals surface area contributed by atoms with E-state index in [1.165, 1.54) is 12.1 Å². The summed E-state index contributed by atoms with van der Waals surface area (Å²) in [6.07, 6.45) is 1.89. The Morgan fingerprint density at radius 1 is 0.966 bits per heavy atom. The molecule has 3 aromatic heterocycles. The van der Waals surface area contributed by atoms with Gasteiger partial charge in [0.15, 0.2) is 5.82 Å². The molecular formula is C20H15Cl2N5O2. The molecule has 0 spiro atoms. The summed E-state index contributed by atoms with van der Waals surface area (Å²) in [6.45, 7) is 0. The maximum atomic E-state index is 12.2. The Balaban J connectivity index is 1.51. The van der Waals surface area contributed by atoms with Crippen LogP contribution in [0.15, 0.2) is 60.8 Å². The summed E-state index contributed by atoms with van der Waals surface area (Å²) in [5.41, 5.74) is 3.29. The summed E-state index contributed by atoms with van der Waals surface area (Å²) in [4.78, 5) is 16.1. The van der Waals surface area contributed by atoms with Crippen LogP contribution in [0.25, 0.3) is 16.6 Å². The molecule has 7 nitrogen and oxygen atoms in total. The highest BCUT2D eigenvalue weighted by molar-refractivity contribution is 6.33. The van der Waals surface area contributed by atoms with Crippen LogP contribution in [0.5, 0.6) is 5.75 Å². The first kappa shape index (κ1) is 19.0. The number of urea groups is 1. The first-order valence-corrected chi connectivity index (χ1v) is 9.31. The van der Waals surface area contributed by atoms with Crippen molar-refractivity contribution in [2.75, 3.05) is 17.7 Å². The number of fused-ring (bicyclic) bond motifs is 1. The van der Waals surface area contributed by atoms with Crippen LogP contribution >= 0.6 is 23.2 Å². The number of halogens is 2. The largest absolute Gasteiger partial charge is 0.497 e. The van der Waals surface area contributed by atoms with Gasteiger partial charge in [-0.3, -0.25) is 5.32 Å². The molecule has 2 N–H and O–H groups in total. The predicted molar refractivity (Wildman–Crippen MR) is 114 cm³/mol. The molecule has 0 saturated heterocycles. The van der Waals surface area contributed by atoms with Gasteiger partial charge in [0, 0.05) is 23.5 Å². The van der Waals surface area contributed by atoms with E-state index < -0.39 is 6.03 Å². The number of methoxy groups -OCH3 is 1. The summed E-state index contributed by atoms with van der Waals surface area (Å²) in [5, 5.41) is 10.1. The molecule has 9 heteroatoms. The van der Waals surface area contributed by atoms with E-state index in [1.54, 1.807) is 17.7 Å². The summed E-state index contributed by atoms with van der Waals surface area (Å²) >= 11 is 11.7. The lowest BCUT2D eigenvalue weighted by atomic mass is 10.1. The maximum absolute atomic E-state index is 12.2. The fraction of sp³-hybridized carbons (Fsp3) is 0.0500. The fourth-order valence-electron chi connectivity index (χ4n) is 2.82. The Labute approximate surface area is 176 Å². The standard InChI is InChI=1S/C20H15Cl2N5O2/c1-29-16-6-3-12(4-7-16)13-2-5-15-10-19(26-27(15)11-13)25-20(28)23-14-8-17(21)24-18(22)9-14/h2-11H,1H3,(H2,23,24,25,26,28). The summed E-state index contributed by atoms with van der Waals surface area (Å²) in [5.74, 6) is 1.20. The van der Waals surface area contributed by atoms with E-state index in [0.717, 1.165) is 22.4 Å². The Hall–Kier alpha value is -3.29. The van der Waals surface area contributed by atoms with Crippen molar-refractivity contribution >= 4 is 46.3 Å². The number of hydrogen-bond donors (Lipinski definition) is 2. The van der Waals surface area contributed by atoms with Gasteiger partial charge in [0.1, 0.15) is 16.1 Å². The zero-order chi connectivity index (χ0) is 20.4. The molecule has 3 heterocycles. The van der Waals surface area contributed by atoms with E-state index in [4.69, 9.17) is 27.9 Å². The third-order valence-electron chi connectivity index (χ3n) is 4.15. The number of hydrogen-bond acceptors (Lipinski definition) is 4. The third-order valence-corrected chi connectivity index (χ3v) is 4.53. The van der Waals surface area contributed by atoms with Gasteiger partial charge in [0.25, 0.3) is 0 Å². The van der Waals surface area contributed by atoms with Crippen LogP contribution in [-0.4, -0.2) is 27.7 Å². The molecule has 1 aromatic carbocycles. The van der Waals surface area contributed by atoms with Gasteiger partial charge in [0.05, 0.1) is 12.6 Å². The lowest BCUT2D eigenvalue weighted by Crippen LogP contribution is -2.19. The van der Waals surface area contributed by atoms with Crippen LogP contribution < -0.4 is 15.4 Å². The number of pyridine rings is 2. The molecule has 0 unspecified atom stereocenters. The molecule has 0 fully saturated rings. The van der Waals surface area contributed by atoms with Crippen LogP contribution in [0.4, 0.5) is 16.3 Å². The SMILES string of the molecule is COc1ccc(-c2ccc3cc(NC(=O)Nc4cc(Cl)nc(Cl)c4)nn3c2)cc1. The van der Waals surface area contributed by atoms with Crippen LogP contribution in [-0.2, 0) is 0 Å². The van der Waals surface area contributed by atoms with Crippen LogP contribution in [0, 0.1) is 0 Å². The second-order valence-electron chi connectivity index (χ2n) is 6.13. The highest BCUT2D eigenvalue weighted by Crippen LogP contribution is 2.24. The molecule has 4 rings (SSSR count). The quantitative estimate of drug-likeness (QED) is 0.429. The van der Waals surface area contributed by atoms with Crippen molar-refractivity contribution in [2.45, 2.75) is 0 Å². The first-order chi connectivity index (χ1) is 14.0. The number of carbonyl (C=O) groups excluding carboxylic acids is 1. The number of nitrogens with zero attached hydrogens (tertiary/aromatic N) is 3. The van der Waals surface area contributed by atoms with Gasteiger partial charge in [-0.1, -0.05) is 41.4 Å². The molecule has 0 bridgehead atoms. The Kier molecular flexibility index (Phi) is 5.24. The second kappa shape index (κ2) is 7.98. The zero-order valence-corrected chi connectivity index (χ0v) is 16.7. The van der Waals surface area contributed by atoms with Gasteiger partial charge < -0.3 is 10.1 Å². The van der Waals surface area contributed by atoms with Crippen molar-refractivity contribution in [3.05, 3.63) is 71.1 Å². The molecular weight excluding hydrogens is 413 g/mol. The predicted octanol–water partition coefficient (Wildman–Crippen LogP) is 5.36. The van der Waals surface area contributed by atoms with Crippen molar-refractivity contribution in [2.24, 2.45) is 0 Å². The minimum Gasteiger partial charge on any atom is -0.497 e. The normalized spacial score (nSPS) is 10.7. The van der Waals surface area contributed by atoms with Gasteiger partial charge >= 0.3 is 6.03 Å². The molecule has 0 aliphatic heterocycles. The molecule has 0 radical (unpaired) electrons. The van der Waals surface area contributed by atoms with E-state index in [9.17, 15) is 4.79 Å². The maximum Gasteiger partial charge on any atom is 0.324 e. The van der Waals surface area contributed by atoms with Crippen molar-refractivity contribution in [3.8, 4) is 16.9 Å². The highest BCUT2D eigenvalue weighted by atomic mass is 35.5. The monoisotopic (exact) mass is 427 g/mol. The van der Waals surface area contributed by atoms with Crippen molar-refractivity contribution in [1.29, 1.82) is 0 Å². The van der Waals surface area contributed by atoms with Crippen molar-refractivity contribution in [3.63, 3.8) is 0 Å². The fourth-order valence-corrected chi connectivity index (χ4v) is 3.28. The topological polar surface area (TPSA) is 80.5 Å². The molecule has 29 heavy (non-hydrogen) atoms. The summed E-state index contributed by atoms with van der Waals surface area (Å²) < 4.78 is 6.89. The van der Waals surface area contributed by atoms with Crippen LogP contribution in [0.3, 0.4) is 0 Å². The number of rotatable bonds is 4. The van der Waals surface area contributed by atoms with E-state index in [0.29, 0.717) is 11.5 Å². The van der Waals surface area contributed by atoms with Gasteiger partial charge in [-0.25, -0.2) is 14.3 Å². The second-order valence-corrected chi connectivity index (χ2v) is 6.90. The lowest BCUT2D eigenvalue weighted by molar-refractivity contribution is 0.262. The van der Waals surface area contributed by atoms with Gasteiger partial charge in [-0.15, -0.1) is 5.10 Å². The number of amides is 2. The molecule has 0 aliphatic carbocycles. The Morgan fingerprint density at radius 2 is 1.66 bits per heavy atom. The molecule has 2 amide bonds. The Bertz CT molecular complexity index is 1170. The summed E-state index contributed by atoms with van der Waals surface area (Å²) in [7, 11) is 1.63. The molecule has 4 aromatic rings. The van der Waals surface area contributed by atoms with Gasteiger partial charge in [-0.05, 0) is 35.9 Å².